The van der Waals surface area contributed by atoms with Gasteiger partial charge in [0.15, 0.2) is 18.2 Å². The summed E-state index contributed by atoms with van der Waals surface area (Å²) >= 11 is 1.49. The van der Waals surface area contributed by atoms with Gasteiger partial charge in [-0.3, -0.25) is 4.40 Å². The van der Waals surface area contributed by atoms with E-state index in [1.165, 1.54) is 27.7 Å². The van der Waals surface area contributed by atoms with E-state index in [1.807, 2.05) is 24.3 Å². The summed E-state index contributed by atoms with van der Waals surface area (Å²) in [6.07, 6.45) is 0. The Kier molecular flexibility index (Phi) is 8.27. The van der Waals surface area contributed by atoms with Crippen LogP contribution in [0.1, 0.15) is 0 Å². The van der Waals surface area contributed by atoms with Crippen LogP contribution in [0, 0.1) is 11.3 Å². The Hall–Kier alpha value is -4.46. The van der Waals surface area contributed by atoms with Crippen LogP contribution in [0.5, 0.6) is 0 Å². The van der Waals surface area contributed by atoms with E-state index >= 15 is 0 Å². The SMILES string of the molecule is N#CCSc1nc(-c2ccccc2)n2c(nc3ccccc32)c1[P+](c1ccccc1)(c1ccccc1)c1ccccc1.[Cl-]. The highest BCUT2D eigenvalue weighted by atomic mass is 35.5. The number of hydrogen-bond acceptors (Lipinski definition) is 4. The van der Waals surface area contributed by atoms with Crippen molar-refractivity contribution in [3.63, 3.8) is 0 Å². The molecule has 0 amide bonds. The van der Waals surface area contributed by atoms with E-state index in [2.05, 4.69) is 132 Å². The van der Waals surface area contributed by atoms with Crippen molar-refractivity contribution in [2.24, 2.45) is 0 Å². The fourth-order valence-corrected chi connectivity index (χ4v) is 11.3. The number of hydrogen-bond donors (Lipinski definition) is 0. The fourth-order valence-electron chi connectivity index (χ4n) is 5.76. The lowest BCUT2D eigenvalue weighted by atomic mass is 10.2. The third-order valence-corrected chi connectivity index (χ3v) is 12.8. The number of nitrogens with zero attached hydrogens (tertiary/aromatic N) is 4. The van der Waals surface area contributed by atoms with E-state index in [4.69, 9.17) is 9.97 Å². The Morgan fingerprint density at radius 3 is 1.65 bits per heavy atom. The van der Waals surface area contributed by atoms with E-state index in [0.717, 1.165) is 38.4 Å². The highest BCUT2D eigenvalue weighted by Gasteiger charge is 2.52. The molecular formula is C36H26ClN4PS. The van der Waals surface area contributed by atoms with Crippen LogP contribution in [0.2, 0.25) is 0 Å². The molecule has 0 fully saturated rings. The number of para-hydroxylation sites is 2. The summed E-state index contributed by atoms with van der Waals surface area (Å²) in [5.74, 6) is 1.10. The zero-order chi connectivity index (χ0) is 28.4. The second-order valence-electron chi connectivity index (χ2n) is 9.84. The Labute approximate surface area is 261 Å². The van der Waals surface area contributed by atoms with Gasteiger partial charge in [0.25, 0.3) is 0 Å². The summed E-state index contributed by atoms with van der Waals surface area (Å²) in [5.41, 5.74) is 3.78. The average Bonchev–Trinajstić information content (AvgIpc) is 3.46. The number of halogens is 1. The van der Waals surface area contributed by atoms with Crippen molar-refractivity contribution < 1.29 is 12.4 Å². The maximum atomic E-state index is 9.78. The smallest absolute Gasteiger partial charge is 0.186 e. The molecule has 0 saturated heterocycles. The summed E-state index contributed by atoms with van der Waals surface area (Å²) in [6, 6.07) is 53.2. The normalized spacial score (nSPS) is 11.2. The number of nitriles is 1. The molecule has 7 heteroatoms. The Balaban J connectivity index is 0.00000329. The molecule has 0 unspecified atom stereocenters. The fraction of sp³-hybridized carbons (Fsp3) is 0.0278. The second-order valence-corrected chi connectivity index (χ2v) is 14.1. The van der Waals surface area contributed by atoms with Gasteiger partial charge < -0.3 is 12.4 Å². The van der Waals surface area contributed by atoms with Crippen molar-refractivity contribution in [1.82, 2.24) is 14.4 Å². The van der Waals surface area contributed by atoms with Gasteiger partial charge in [-0.2, -0.15) is 5.26 Å². The molecule has 4 nitrogen and oxygen atoms in total. The first-order chi connectivity index (χ1) is 20.8. The molecule has 0 saturated carbocycles. The van der Waals surface area contributed by atoms with Crippen molar-refractivity contribution >= 4 is 56.9 Å². The number of thioether (sulfide) groups is 1. The first-order valence-electron chi connectivity index (χ1n) is 13.7. The quantitative estimate of drug-likeness (QED) is 0.156. The molecule has 0 aliphatic rings. The van der Waals surface area contributed by atoms with E-state index in [9.17, 15) is 5.26 Å². The minimum absolute atomic E-state index is 0. The Morgan fingerprint density at radius 1 is 0.628 bits per heavy atom. The van der Waals surface area contributed by atoms with Crippen LogP contribution in [0.15, 0.2) is 151 Å². The van der Waals surface area contributed by atoms with Gasteiger partial charge >= 0.3 is 0 Å². The third kappa shape index (κ3) is 4.88. The van der Waals surface area contributed by atoms with Crippen molar-refractivity contribution in [3.05, 3.63) is 146 Å². The zero-order valence-corrected chi connectivity index (χ0v) is 25.6. The molecule has 0 bridgehead atoms. The van der Waals surface area contributed by atoms with Gasteiger partial charge in [-0.1, -0.05) is 109 Å². The molecule has 0 spiro atoms. The summed E-state index contributed by atoms with van der Waals surface area (Å²) in [4.78, 5) is 10.8. The molecule has 43 heavy (non-hydrogen) atoms. The number of imidazole rings is 1. The maximum Gasteiger partial charge on any atom is 0.186 e. The monoisotopic (exact) mass is 612 g/mol. The van der Waals surface area contributed by atoms with Gasteiger partial charge in [-0.25, -0.2) is 9.97 Å². The first kappa shape index (κ1) is 28.6. The predicted octanol–water partition coefficient (Wildman–Crippen LogP) is 3.79. The molecule has 0 radical (unpaired) electrons. The molecule has 7 rings (SSSR count). The summed E-state index contributed by atoms with van der Waals surface area (Å²) in [5, 5.41) is 15.3. The van der Waals surface area contributed by atoms with Gasteiger partial charge in [0.2, 0.25) is 0 Å². The first-order valence-corrected chi connectivity index (χ1v) is 16.5. The zero-order valence-electron chi connectivity index (χ0n) is 23.1. The number of fused-ring (bicyclic) bond motifs is 3. The molecule has 208 valence electrons. The second kappa shape index (κ2) is 12.4. The van der Waals surface area contributed by atoms with Crippen LogP contribution >= 0.6 is 19.0 Å². The molecule has 2 heterocycles. The maximum absolute atomic E-state index is 9.78. The predicted molar refractivity (Wildman–Crippen MR) is 177 cm³/mol. The highest BCUT2D eigenvalue weighted by Crippen LogP contribution is 2.57. The van der Waals surface area contributed by atoms with Crippen molar-refractivity contribution in [1.29, 1.82) is 5.26 Å². The molecule has 0 atom stereocenters. The molecular weight excluding hydrogens is 587 g/mol. The number of aromatic nitrogens is 3. The van der Waals surface area contributed by atoms with Gasteiger partial charge in [0.05, 0.1) is 22.9 Å². The molecule has 0 aliphatic heterocycles. The van der Waals surface area contributed by atoms with Crippen molar-refractivity contribution in [3.8, 4) is 17.5 Å². The minimum atomic E-state index is -2.57. The number of benzene rings is 5. The van der Waals surface area contributed by atoms with E-state index in [1.54, 1.807) is 0 Å². The topological polar surface area (TPSA) is 54.0 Å². The van der Waals surface area contributed by atoms with Gasteiger partial charge in [0, 0.05) is 5.56 Å². The number of rotatable bonds is 7. The Bertz CT molecular complexity index is 1950. The molecule has 2 aromatic heterocycles. The lowest BCUT2D eigenvalue weighted by molar-refractivity contribution is -0.00000836. The largest absolute Gasteiger partial charge is 1.00 e. The van der Waals surface area contributed by atoms with Gasteiger partial charge in [-0.05, 0) is 48.5 Å². The van der Waals surface area contributed by atoms with E-state index in [-0.39, 0.29) is 18.2 Å². The molecule has 0 N–H and O–H groups in total. The van der Waals surface area contributed by atoms with E-state index < -0.39 is 7.26 Å². The van der Waals surface area contributed by atoms with Crippen LogP contribution in [0.3, 0.4) is 0 Å². The van der Waals surface area contributed by atoms with Crippen LogP contribution in [-0.4, -0.2) is 20.1 Å². The standard InChI is InChI=1S/C36H26N4PS.ClH/c37-25-26-42-36-33(35-38-31-23-13-14-24-32(31)40(35)34(39-36)27-15-5-1-6-16-27)41(28-17-7-2-8-18-28,29-19-9-3-10-20-29)30-21-11-4-12-22-30;/h1-24H,26H2;1H/q+1;/p-1. The molecule has 5 aromatic carbocycles. The summed E-state index contributed by atoms with van der Waals surface area (Å²) in [6.45, 7) is 0. The highest BCUT2D eigenvalue weighted by molar-refractivity contribution is 8.04. The van der Waals surface area contributed by atoms with E-state index in [0.29, 0.717) is 0 Å². The molecule has 7 aromatic rings. The van der Waals surface area contributed by atoms with Crippen molar-refractivity contribution in [2.75, 3.05) is 5.75 Å². The Morgan fingerprint density at radius 2 is 1.12 bits per heavy atom. The van der Waals surface area contributed by atoms with Crippen LogP contribution in [-0.2, 0) is 0 Å². The van der Waals surface area contributed by atoms with Gasteiger partial charge in [-0.15, -0.1) is 0 Å². The van der Waals surface area contributed by atoms with Crippen LogP contribution in [0.4, 0.5) is 0 Å². The van der Waals surface area contributed by atoms with Crippen LogP contribution < -0.4 is 33.6 Å². The summed E-state index contributed by atoms with van der Waals surface area (Å²) < 4.78 is 2.22. The third-order valence-electron chi connectivity index (χ3n) is 7.47. The minimum Gasteiger partial charge on any atom is -1.00 e. The summed E-state index contributed by atoms with van der Waals surface area (Å²) in [7, 11) is -2.57. The lowest BCUT2D eigenvalue weighted by Gasteiger charge is -2.29. The molecule has 0 aliphatic carbocycles. The van der Waals surface area contributed by atoms with Gasteiger partial charge in [0.1, 0.15) is 26.8 Å². The average molecular weight is 613 g/mol. The lowest BCUT2D eigenvalue weighted by Crippen LogP contribution is -3.00. The van der Waals surface area contributed by atoms with Crippen molar-refractivity contribution in [2.45, 2.75) is 5.03 Å². The van der Waals surface area contributed by atoms with Crippen LogP contribution in [0.25, 0.3) is 28.1 Å².